The minimum absolute atomic E-state index is 1.23. The molecule has 0 aromatic heterocycles. The summed E-state index contributed by atoms with van der Waals surface area (Å²) >= 11 is 0. The van der Waals surface area contributed by atoms with E-state index in [9.17, 15) is 0 Å². The number of hydrogen-bond acceptors (Lipinski definition) is 0. The third-order valence-corrected chi connectivity index (χ3v) is 9.42. The molecule has 0 saturated carbocycles. The molecule has 0 nitrogen and oxygen atoms in total. The molecule has 0 heterocycles. The highest BCUT2D eigenvalue weighted by atomic mass is 14.2. The van der Waals surface area contributed by atoms with Crippen LogP contribution in [0.1, 0.15) is 0 Å². The van der Waals surface area contributed by atoms with Crippen molar-refractivity contribution in [3.8, 4) is 44.5 Å². The Morgan fingerprint density at radius 3 is 1.09 bits per heavy atom. The zero-order valence-corrected chi connectivity index (χ0v) is 25.3. The van der Waals surface area contributed by atoms with Crippen LogP contribution in [0, 0.1) is 0 Å². The van der Waals surface area contributed by atoms with Gasteiger partial charge in [-0.25, -0.2) is 0 Å². The van der Waals surface area contributed by atoms with Gasteiger partial charge in [0.05, 0.1) is 0 Å². The third kappa shape index (κ3) is 4.30. The molecule has 214 valence electrons. The second-order valence-corrected chi connectivity index (χ2v) is 12.1. The third-order valence-electron chi connectivity index (χ3n) is 9.42. The summed E-state index contributed by atoms with van der Waals surface area (Å²) < 4.78 is 0. The first-order chi connectivity index (χ1) is 22.8. The van der Waals surface area contributed by atoms with Gasteiger partial charge in [-0.1, -0.05) is 170 Å². The number of hydrogen-bond donors (Lipinski definition) is 0. The molecule has 46 heavy (non-hydrogen) atoms. The monoisotopic (exact) mass is 582 g/mol. The molecule has 0 N–H and O–H groups in total. The normalized spacial score (nSPS) is 11.5. The highest BCUT2D eigenvalue weighted by Crippen LogP contribution is 2.45. The lowest BCUT2D eigenvalue weighted by Gasteiger charge is -2.18. The van der Waals surface area contributed by atoms with Gasteiger partial charge >= 0.3 is 0 Å². The largest absolute Gasteiger partial charge is 0.0622 e. The van der Waals surface area contributed by atoms with E-state index in [4.69, 9.17) is 0 Å². The molecule has 0 atom stereocenters. The Bertz CT molecular complexity index is 2440. The Morgan fingerprint density at radius 1 is 0.196 bits per heavy atom. The van der Waals surface area contributed by atoms with Crippen LogP contribution in [0.3, 0.4) is 0 Å². The van der Waals surface area contributed by atoms with E-state index in [1.807, 2.05) is 0 Å². The standard InChI is InChI=1S/C46H30/c1-2-13-31(14-3-1)34-17-12-18-37(29-34)46-42-23-10-8-21-40(42)45(41-22-9-11-24-43(41)46)33-27-25-32(26-28-33)44-38-19-6-4-15-35(38)30-36-16-5-7-20-39(36)44/h1-30H. The highest BCUT2D eigenvalue weighted by molar-refractivity contribution is 6.21. The van der Waals surface area contributed by atoms with Crippen LogP contribution in [0.15, 0.2) is 182 Å². The molecular formula is C46H30. The van der Waals surface area contributed by atoms with Crippen LogP contribution >= 0.6 is 0 Å². The van der Waals surface area contributed by atoms with E-state index in [2.05, 4.69) is 182 Å². The van der Waals surface area contributed by atoms with Crippen molar-refractivity contribution in [3.63, 3.8) is 0 Å². The van der Waals surface area contributed by atoms with Crippen LogP contribution < -0.4 is 0 Å². The van der Waals surface area contributed by atoms with Crippen molar-refractivity contribution in [2.24, 2.45) is 0 Å². The number of fused-ring (bicyclic) bond motifs is 4. The van der Waals surface area contributed by atoms with E-state index in [-0.39, 0.29) is 0 Å². The molecule has 0 amide bonds. The molecule has 0 radical (unpaired) electrons. The molecule has 0 bridgehead atoms. The predicted octanol–water partition coefficient (Wildman–Crippen LogP) is 13.0. The smallest absolute Gasteiger partial charge is 0.00262 e. The fourth-order valence-electron chi connectivity index (χ4n) is 7.36. The molecule has 0 fully saturated rings. The van der Waals surface area contributed by atoms with E-state index >= 15 is 0 Å². The van der Waals surface area contributed by atoms with Gasteiger partial charge in [-0.05, 0) is 99.7 Å². The van der Waals surface area contributed by atoms with E-state index in [0.717, 1.165) is 0 Å². The summed E-state index contributed by atoms with van der Waals surface area (Å²) in [6, 6.07) is 66.5. The van der Waals surface area contributed by atoms with Crippen molar-refractivity contribution < 1.29 is 0 Å². The molecule has 0 aliphatic carbocycles. The van der Waals surface area contributed by atoms with Gasteiger partial charge in [0.15, 0.2) is 0 Å². The molecule has 9 aromatic rings. The maximum atomic E-state index is 2.34. The summed E-state index contributed by atoms with van der Waals surface area (Å²) in [6.07, 6.45) is 0. The molecule has 9 rings (SSSR count). The van der Waals surface area contributed by atoms with Crippen LogP contribution in [0.25, 0.3) is 87.6 Å². The SMILES string of the molecule is c1ccc(-c2cccc(-c3c4ccccc4c(-c4ccc(-c5c6ccccc6cc6ccccc56)cc4)c4ccccc34)c2)cc1. The Hall–Kier alpha value is -5.98. The quantitative estimate of drug-likeness (QED) is 0.181. The van der Waals surface area contributed by atoms with E-state index in [1.54, 1.807) is 0 Å². The Kier molecular flexibility index (Phi) is 6.25. The van der Waals surface area contributed by atoms with Gasteiger partial charge < -0.3 is 0 Å². The maximum absolute atomic E-state index is 2.34. The Morgan fingerprint density at radius 2 is 0.565 bits per heavy atom. The van der Waals surface area contributed by atoms with Crippen LogP contribution in [0.4, 0.5) is 0 Å². The fraction of sp³-hybridized carbons (Fsp3) is 0. The summed E-state index contributed by atoms with van der Waals surface area (Å²) in [6.45, 7) is 0. The lowest BCUT2D eigenvalue weighted by atomic mass is 9.85. The van der Waals surface area contributed by atoms with Gasteiger partial charge in [0.1, 0.15) is 0 Å². The fourth-order valence-corrected chi connectivity index (χ4v) is 7.36. The topological polar surface area (TPSA) is 0 Å². The molecule has 9 aromatic carbocycles. The summed E-state index contributed by atoms with van der Waals surface area (Å²) in [5, 5.41) is 10.2. The van der Waals surface area contributed by atoms with E-state index in [1.165, 1.54) is 87.6 Å². The van der Waals surface area contributed by atoms with Crippen molar-refractivity contribution in [1.29, 1.82) is 0 Å². The lowest BCUT2D eigenvalue weighted by Crippen LogP contribution is -1.91. The van der Waals surface area contributed by atoms with Gasteiger partial charge in [0.25, 0.3) is 0 Å². The zero-order chi connectivity index (χ0) is 30.5. The van der Waals surface area contributed by atoms with Gasteiger partial charge in [-0.2, -0.15) is 0 Å². The molecular weight excluding hydrogens is 553 g/mol. The predicted molar refractivity (Wildman–Crippen MR) is 198 cm³/mol. The molecule has 0 heteroatoms. The van der Waals surface area contributed by atoms with Crippen LogP contribution in [0.2, 0.25) is 0 Å². The first-order valence-corrected chi connectivity index (χ1v) is 15.9. The Balaban J connectivity index is 1.26. The van der Waals surface area contributed by atoms with Gasteiger partial charge in [-0.3, -0.25) is 0 Å². The average Bonchev–Trinajstić information content (AvgIpc) is 3.13. The molecule has 0 unspecified atom stereocenters. The van der Waals surface area contributed by atoms with Gasteiger partial charge in [0, 0.05) is 0 Å². The molecule has 0 aliphatic heterocycles. The average molecular weight is 583 g/mol. The summed E-state index contributed by atoms with van der Waals surface area (Å²) in [4.78, 5) is 0. The van der Waals surface area contributed by atoms with Crippen LogP contribution in [-0.2, 0) is 0 Å². The summed E-state index contributed by atoms with van der Waals surface area (Å²) in [7, 11) is 0. The summed E-state index contributed by atoms with van der Waals surface area (Å²) in [5.41, 5.74) is 10.0. The first-order valence-electron chi connectivity index (χ1n) is 15.9. The molecule has 0 spiro atoms. The number of benzene rings is 9. The lowest BCUT2D eigenvalue weighted by molar-refractivity contribution is 1.61. The molecule has 0 aliphatic rings. The Labute approximate surface area is 268 Å². The van der Waals surface area contributed by atoms with Gasteiger partial charge in [-0.15, -0.1) is 0 Å². The maximum Gasteiger partial charge on any atom is -0.00262 e. The van der Waals surface area contributed by atoms with Crippen LogP contribution in [0.5, 0.6) is 0 Å². The van der Waals surface area contributed by atoms with E-state index < -0.39 is 0 Å². The highest BCUT2D eigenvalue weighted by Gasteiger charge is 2.17. The van der Waals surface area contributed by atoms with E-state index in [0.29, 0.717) is 0 Å². The van der Waals surface area contributed by atoms with Crippen molar-refractivity contribution in [2.75, 3.05) is 0 Å². The second-order valence-electron chi connectivity index (χ2n) is 12.1. The van der Waals surface area contributed by atoms with Crippen LogP contribution in [-0.4, -0.2) is 0 Å². The van der Waals surface area contributed by atoms with Crippen molar-refractivity contribution >= 4 is 43.1 Å². The van der Waals surface area contributed by atoms with Crippen molar-refractivity contribution in [3.05, 3.63) is 182 Å². The zero-order valence-electron chi connectivity index (χ0n) is 25.3. The van der Waals surface area contributed by atoms with Gasteiger partial charge in [0.2, 0.25) is 0 Å². The minimum atomic E-state index is 1.23. The summed E-state index contributed by atoms with van der Waals surface area (Å²) in [5.74, 6) is 0. The van der Waals surface area contributed by atoms with Crippen molar-refractivity contribution in [1.82, 2.24) is 0 Å². The van der Waals surface area contributed by atoms with Crippen molar-refractivity contribution in [2.45, 2.75) is 0 Å². The minimum Gasteiger partial charge on any atom is -0.0622 e. The molecule has 0 saturated heterocycles. The second kappa shape index (κ2) is 10.9. The number of rotatable bonds is 4. The first kappa shape index (κ1) is 26.4.